The van der Waals surface area contributed by atoms with Crippen molar-refractivity contribution >= 4 is 5.91 Å². The maximum Gasteiger partial charge on any atom is 0.226 e. The molecule has 2 atom stereocenters. The Balaban J connectivity index is 2.07. The highest BCUT2D eigenvalue weighted by molar-refractivity contribution is 5.79. The molecular weight excluding hydrogens is 279 g/mol. The van der Waals surface area contributed by atoms with Crippen molar-refractivity contribution in [1.29, 1.82) is 0 Å². The molecule has 22 heavy (non-hydrogen) atoms. The third-order valence-corrected chi connectivity index (χ3v) is 4.48. The third kappa shape index (κ3) is 4.54. The van der Waals surface area contributed by atoms with Gasteiger partial charge in [0.1, 0.15) is 5.82 Å². The Kier molecular flexibility index (Phi) is 6.37. The number of hydrogen-bond donors (Lipinski definition) is 1. The van der Waals surface area contributed by atoms with Gasteiger partial charge >= 0.3 is 0 Å². The number of nitrogens with zero attached hydrogens (tertiary/aromatic N) is 1. The van der Waals surface area contributed by atoms with Crippen LogP contribution >= 0.6 is 0 Å². The Morgan fingerprint density at radius 1 is 1.36 bits per heavy atom. The van der Waals surface area contributed by atoms with Crippen LogP contribution in [0.1, 0.15) is 51.0 Å². The van der Waals surface area contributed by atoms with Gasteiger partial charge in [-0.25, -0.2) is 4.39 Å². The fourth-order valence-corrected chi connectivity index (χ4v) is 3.16. The lowest BCUT2D eigenvalue weighted by molar-refractivity contribution is -0.137. The van der Waals surface area contributed by atoms with Crippen molar-refractivity contribution in [3.05, 3.63) is 35.6 Å². The lowest BCUT2D eigenvalue weighted by atomic mass is 9.85. The number of rotatable bonds is 6. The second-order valence-corrected chi connectivity index (χ2v) is 6.33. The molecule has 4 heteroatoms. The molecule has 2 rings (SSSR count). The van der Waals surface area contributed by atoms with E-state index in [1.54, 1.807) is 12.1 Å². The predicted molar refractivity (Wildman–Crippen MR) is 86.7 cm³/mol. The van der Waals surface area contributed by atoms with Crippen molar-refractivity contribution in [3.63, 3.8) is 0 Å². The number of unbranched alkanes of at least 4 members (excludes halogenated alkanes) is 1. The van der Waals surface area contributed by atoms with Crippen LogP contribution in [0.3, 0.4) is 0 Å². The molecule has 1 aliphatic rings. The summed E-state index contributed by atoms with van der Waals surface area (Å²) in [5.41, 5.74) is 6.60. The van der Waals surface area contributed by atoms with Crippen LogP contribution in [0.2, 0.25) is 0 Å². The zero-order valence-electron chi connectivity index (χ0n) is 13.4. The van der Waals surface area contributed by atoms with Crippen LogP contribution in [-0.2, 0) is 11.3 Å². The lowest BCUT2D eigenvalue weighted by Crippen LogP contribution is -2.41. The van der Waals surface area contributed by atoms with E-state index in [1.807, 2.05) is 11.0 Å². The molecule has 0 aliphatic heterocycles. The molecule has 122 valence electrons. The number of hydrogen-bond acceptors (Lipinski definition) is 2. The zero-order chi connectivity index (χ0) is 15.9. The minimum absolute atomic E-state index is 0.00683. The molecule has 2 unspecified atom stereocenters. The van der Waals surface area contributed by atoms with Gasteiger partial charge in [-0.15, -0.1) is 0 Å². The van der Waals surface area contributed by atoms with Gasteiger partial charge in [0, 0.05) is 30.6 Å². The van der Waals surface area contributed by atoms with Crippen LogP contribution < -0.4 is 5.73 Å². The van der Waals surface area contributed by atoms with E-state index < -0.39 is 0 Å². The summed E-state index contributed by atoms with van der Waals surface area (Å²) in [5.74, 6) is -0.0867. The fourth-order valence-electron chi connectivity index (χ4n) is 3.16. The number of carbonyl (C=O) groups excluding carboxylic acids is 1. The molecule has 2 N–H and O–H groups in total. The Labute approximate surface area is 132 Å². The van der Waals surface area contributed by atoms with Crippen molar-refractivity contribution in [3.8, 4) is 0 Å². The maximum absolute atomic E-state index is 13.9. The van der Waals surface area contributed by atoms with Crippen LogP contribution in [0.4, 0.5) is 4.39 Å². The Hall–Kier alpha value is -1.42. The van der Waals surface area contributed by atoms with Gasteiger partial charge in [-0.2, -0.15) is 0 Å². The van der Waals surface area contributed by atoms with Gasteiger partial charge in [-0.3, -0.25) is 4.79 Å². The molecule has 0 radical (unpaired) electrons. The van der Waals surface area contributed by atoms with Crippen molar-refractivity contribution in [2.45, 2.75) is 58.0 Å². The normalized spacial score (nSPS) is 21.6. The smallest absolute Gasteiger partial charge is 0.226 e. The molecule has 1 aromatic rings. The molecule has 3 nitrogen and oxygen atoms in total. The highest BCUT2D eigenvalue weighted by atomic mass is 19.1. The number of amides is 1. The quantitative estimate of drug-likeness (QED) is 0.874. The average molecular weight is 306 g/mol. The van der Waals surface area contributed by atoms with Crippen LogP contribution in [0.25, 0.3) is 0 Å². The molecule has 0 spiro atoms. The van der Waals surface area contributed by atoms with Gasteiger partial charge < -0.3 is 10.6 Å². The molecule has 1 saturated carbocycles. The Morgan fingerprint density at radius 3 is 2.82 bits per heavy atom. The van der Waals surface area contributed by atoms with E-state index in [4.69, 9.17) is 5.73 Å². The number of nitrogens with two attached hydrogens (primary N) is 1. The summed E-state index contributed by atoms with van der Waals surface area (Å²) in [6, 6.07) is 6.83. The van der Waals surface area contributed by atoms with Crippen LogP contribution in [-0.4, -0.2) is 23.4 Å². The summed E-state index contributed by atoms with van der Waals surface area (Å²) in [5, 5.41) is 0. The largest absolute Gasteiger partial charge is 0.338 e. The van der Waals surface area contributed by atoms with E-state index in [0.29, 0.717) is 18.7 Å². The Morgan fingerprint density at radius 2 is 2.14 bits per heavy atom. The first-order valence-corrected chi connectivity index (χ1v) is 8.39. The van der Waals surface area contributed by atoms with Gasteiger partial charge in [-0.05, 0) is 31.7 Å². The lowest BCUT2D eigenvalue weighted by Gasteiger charge is -2.31. The number of benzene rings is 1. The molecule has 1 aromatic carbocycles. The summed E-state index contributed by atoms with van der Waals surface area (Å²) >= 11 is 0. The molecule has 1 fully saturated rings. The second-order valence-electron chi connectivity index (χ2n) is 6.33. The van der Waals surface area contributed by atoms with E-state index in [0.717, 1.165) is 38.5 Å². The van der Waals surface area contributed by atoms with Gasteiger partial charge in [0.05, 0.1) is 0 Å². The topological polar surface area (TPSA) is 46.3 Å². The number of halogens is 1. The van der Waals surface area contributed by atoms with Crippen molar-refractivity contribution in [1.82, 2.24) is 4.90 Å². The van der Waals surface area contributed by atoms with Gasteiger partial charge in [0.25, 0.3) is 0 Å². The minimum atomic E-state index is -0.239. The van der Waals surface area contributed by atoms with Gasteiger partial charge in [-0.1, -0.05) is 38.0 Å². The average Bonchev–Trinajstić information content (AvgIpc) is 2.52. The summed E-state index contributed by atoms with van der Waals surface area (Å²) in [4.78, 5) is 14.6. The third-order valence-electron chi connectivity index (χ3n) is 4.48. The highest BCUT2D eigenvalue weighted by Gasteiger charge is 2.29. The second kappa shape index (κ2) is 8.28. The summed E-state index contributed by atoms with van der Waals surface area (Å²) < 4.78 is 13.9. The SMILES string of the molecule is CCCCN(Cc1ccccc1F)C(=O)C1CCCC(N)C1. The molecule has 1 aliphatic carbocycles. The molecule has 0 saturated heterocycles. The first-order chi connectivity index (χ1) is 10.6. The fraction of sp³-hybridized carbons (Fsp3) is 0.611. The standard InChI is InChI=1S/C18H27FN2O/c1-2-3-11-21(13-15-7-4-5-10-17(15)19)18(22)14-8-6-9-16(20)12-14/h4-5,7,10,14,16H,2-3,6,8-9,11-13,20H2,1H3. The maximum atomic E-state index is 13.9. The van der Waals surface area contributed by atoms with Crippen LogP contribution in [0, 0.1) is 11.7 Å². The van der Waals surface area contributed by atoms with Crippen molar-refractivity contribution in [2.24, 2.45) is 11.7 Å². The monoisotopic (exact) mass is 306 g/mol. The molecule has 1 amide bonds. The summed E-state index contributed by atoms with van der Waals surface area (Å²) in [6.45, 7) is 3.15. The zero-order valence-corrected chi connectivity index (χ0v) is 13.4. The summed E-state index contributed by atoms with van der Waals surface area (Å²) in [6.07, 6.45) is 5.65. The van der Waals surface area contributed by atoms with E-state index in [1.165, 1.54) is 6.07 Å². The van der Waals surface area contributed by atoms with Crippen molar-refractivity contribution < 1.29 is 9.18 Å². The van der Waals surface area contributed by atoms with Crippen molar-refractivity contribution in [2.75, 3.05) is 6.54 Å². The van der Waals surface area contributed by atoms with E-state index in [2.05, 4.69) is 6.92 Å². The Bertz CT molecular complexity index is 492. The van der Waals surface area contributed by atoms with Gasteiger partial charge in [0.2, 0.25) is 5.91 Å². The van der Waals surface area contributed by atoms with Crippen LogP contribution in [0.15, 0.2) is 24.3 Å². The molecular formula is C18H27FN2O. The molecule has 0 bridgehead atoms. The summed E-state index contributed by atoms with van der Waals surface area (Å²) in [7, 11) is 0. The van der Waals surface area contributed by atoms with Gasteiger partial charge in [0.15, 0.2) is 0 Å². The minimum Gasteiger partial charge on any atom is -0.338 e. The van der Waals surface area contributed by atoms with E-state index in [-0.39, 0.29) is 23.7 Å². The molecule has 0 heterocycles. The number of carbonyl (C=O) groups is 1. The first kappa shape index (κ1) is 16.9. The first-order valence-electron chi connectivity index (χ1n) is 8.39. The predicted octanol–water partition coefficient (Wildman–Crippen LogP) is 3.47. The van der Waals surface area contributed by atoms with Crippen LogP contribution in [0.5, 0.6) is 0 Å². The highest BCUT2D eigenvalue weighted by Crippen LogP contribution is 2.26. The van der Waals surface area contributed by atoms with E-state index >= 15 is 0 Å². The van der Waals surface area contributed by atoms with E-state index in [9.17, 15) is 9.18 Å². The molecule has 0 aromatic heterocycles.